The molecule has 0 aliphatic heterocycles. The van der Waals surface area contributed by atoms with Crippen molar-refractivity contribution in [1.82, 2.24) is 15.0 Å². The topological polar surface area (TPSA) is 30.7 Å². The summed E-state index contributed by atoms with van der Waals surface area (Å²) in [6, 6.07) is 13.5. The normalized spacial score (nSPS) is 11.0. The van der Waals surface area contributed by atoms with Crippen LogP contribution in [0.4, 0.5) is 0 Å². The molecule has 5 heteroatoms. The molecule has 0 saturated heterocycles. The number of halogens is 2. The van der Waals surface area contributed by atoms with Crippen molar-refractivity contribution in [3.05, 3.63) is 53.1 Å². The van der Waals surface area contributed by atoms with Crippen molar-refractivity contribution >= 4 is 34.2 Å². The Morgan fingerprint density at radius 3 is 2.72 bits per heavy atom. The Balaban J connectivity index is 2.17. The number of nitrogens with zero attached hydrogens (tertiary/aromatic N) is 3. The van der Waals surface area contributed by atoms with Gasteiger partial charge in [-0.15, -0.1) is 16.7 Å². The number of rotatable bonds is 2. The minimum absolute atomic E-state index is 0.400. The van der Waals surface area contributed by atoms with Crippen molar-refractivity contribution < 1.29 is 0 Å². The van der Waals surface area contributed by atoms with E-state index >= 15 is 0 Å². The van der Waals surface area contributed by atoms with Crippen molar-refractivity contribution in [1.29, 1.82) is 0 Å². The number of alkyl halides is 1. The van der Waals surface area contributed by atoms with E-state index in [1.807, 2.05) is 42.5 Å². The minimum Gasteiger partial charge on any atom is -0.213 e. The fourth-order valence-electron chi connectivity index (χ4n) is 1.84. The number of hydrogen-bond donors (Lipinski definition) is 0. The quantitative estimate of drug-likeness (QED) is 0.667. The van der Waals surface area contributed by atoms with Gasteiger partial charge in [0.25, 0.3) is 0 Å². The highest BCUT2D eigenvalue weighted by atomic mass is 35.5. The maximum atomic E-state index is 6.15. The van der Waals surface area contributed by atoms with Gasteiger partial charge < -0.3 is 0 Å². The van der Waals surface area contributed by atoms with Gasteiger partial charge in [0.1, 0.15) is 5.52 Å². The van der Waals surface area contributed by atoms with Crippen molar-refractivity contribution in [2.45, 2.75) is 5.88 Å². The van der Waals surface area contributed by atoms with Crippen LogP contribution >= 0.6 is 23.2 Å². The number of aromatic nitrogens is 3. The van der Waals surface area contributed by atoms with E-state index in [4.69, 9.17) is 23.2 Å². The Hall–Kier alpha value is -1.58. The molecule has 0 amide bonds. The zero-order valence-electron chi connectivity index (χ0n) is 9.35. The lowest BCUT2D eigenvalue weighted by Gasteiger charge is -2.05. The Morgan fingerprint density at radius 1 is 1.11 bits per heavy atom. The summed E-state index contributed by atoms with van der Waals surface area (Å²) in [5.41, 5.74) is 3.59. The first-order valence-electron chi connectivity index (χ1n) is 5.45. The van der Waals surface area contributed by atoms with Crippen molar-refractivity contribution in [2.75, 3.05) is 0 Å². The summed E-state index contributed by atoms with van der Waals surface area (Å²) in [5.74, 6) is 0.400. The van der Waals surface area contributed by atoms with E-state index in [0.29, 0.717) is 10.9 Å². The summed E-state index contributed by atoms with van der Waals surface area (Å²) in [4.78, 5) is 0. The molecule has 1 heterocycles. The third-order valence-electron chi connectivity index (χ3n) is 2.78. The van der Waals surface area contributed by atoms with E-state index in [1.54, 1.807) is 4.68 Å². The summed E-state index contributed by atoms with van der Waals surface area (Å²) in [6.45, 7) is 0. The highest BCUT2D eigenvalue weighted by Gasteiger charge is 2.07. The molecular formula is C13H9Cl2N3. The zero-order valence-corrected chi connectivity index (χ0v) is 10.9. The first-order chi connectivity index (χ1) is 8.79. The largest absolute Gasteiger partial charge is 0.213 e. The third-order valence-corrected chi connectivity index (χ3v) is 3.42. The van der Waals surface area contributed by atoms with Crippen LogP contribution in [0.3, 0.4) is 0 Å². The van der Waals surface area contributed by atoms with E-state index in [0.717, 1.165) is 22.3 Å². The van der Waals surface area contributed by atoms with Gasteiger partial charge in [-0.05, 0) is 29.8 Å². The molecule has 0 unspecified atom stereocenters. The summed E-state index contributed by atoms with van der Waals surface area (Å²) >= 11 is 11.9. The lowest BCUT2D eigenvalue weighted by Crippen LogP contribution is -1.97. The van der Waals surface area contributed by atoms with Crippen LogP contribution < -0.4 is 0 Å². The molecule has 1 aromatic heterocycles. The van der Waals surface area contributed by atoms with Crippen LogP contribution in [0, 0.1) is 0 Å². The van der Waals surface area contributed by atoms with Crippen molar-refractivity contribution in [2.24, 2.45) is 0 Å². The number of para-hydroxylation sites is 1. The van der Waals surface area contributed by atoms with Crippen LogP contribution in [0.5, 0.6) is 0 Å². The van der Waals surface area contributed by atoms with E-state index < -0.39 is 0 Å². The predicted molar refractivity (Wildman–Crippen MR) is 73.4 cm³/mol. The average molecular weight is 278 g/mol. The van der Waals surface area contributed by atoms with Crippen molar-refractivity contribution in [3.8, 4) is 5.69 Å². The van der Waals surface area contributed by atoms with Crippen LogP contribution in [0.2, 0.25) is 5.02 Å². The van der Waals surface area contributed by atoms with E-state index in [2.05, 4.69) is 10.3 Å². The highest BCUT2D eigenvalue weighted by Crippen LogP contribution is 2.23. The molecule has 90 valence electrons. The second kappa shape index (κ2) is 4.59. The molecule has 2 aromatic carbocycles. The van der Waals surface area contributed by atoms with E-state index in [9.17, 15) is 0 Å². The Bertz CT molecular complexity index is 706. The van der Waals surface area contributed by atoms with E-state index in [1.165, 1.54) is 0 Å². The standard InChI is InChI=1S/C13H9Cl2N3/c14-8-9-5-6-10(7-11(9)15)18-13-4-2-1-3-12(13)16-17-18/h1-7H,8H2. The SMILES string of the molecule is ClCc1ccc(-n2nnc3ccccc32)cc1Cl. The fourth-order valence-corrected chi connectivity index (χ4v) is 2.38. The van der Waals surface area contributed by atoms with Crippen molar-refractivity contribution in [3.63, 3.8) is 0 Å². The zero-order chi connectivity index (χ0) is 12.5. The second-order valence-corrected chi connectivity index (χ2v) is 4.57. The van der Waals surface area contributed by atoms with Gasteiger partial charge in [0.05, 0.1) is 11.2 Å². The lowest BCUT2D eigenvalue weighted by molar-refractivity contribution is 0.823. The first-order valence-corrected chi connectivity index (χ1v) is 6.36. The van der Waals surface area contributed by atoms with Gasteiger partial charge in [0, 0.05) is 10.9 Å². The molecule has 18 heavy (non-hydrogen) atoms. The van der Waals surface area contributed by atoms with Crippen LogP contribution in [-0.4, -0.2) is 15.0 Å². The molecule has 0 spiro atoms. The van der Waals surface area contributed by atoms with Crippen LogP contribution in [0.25, 0.3) is 16.7 Å². The Morgan fingerprint density at radius 2 is 1.94 bits per heavy atom. The second-order valence-electron chi connectivity index (χ2n) is 3.90. The molecule has 0 fully saturated rings. The smallest absolute Gasteiger partial charge is 0.113 e. The molecule has 0 aliphatic rings. The lowest BCUT2D eigenvalue weighted by atomic mass is 10.2. The molecule has 3 aromatic rings. The maximum Gasteiger partial charge on any atom is 0.113 e. The van der Waals surface area contributed by atoms with Gasteiger partial charge in [0.15, 0.2) is 0 Å². The van der Waals surface area contributed by atoms with E-state index in [-0.39, 0.29) is 0 Å². The summed E-state index contributed by atoms with van der Waals surface area (Å²) in [7, 11) is 0. The molecule has 0 saturated carbocycles. The van der Waals surface area contributed by atoms with Gasteiger partial charge in [-0.1, -0.05) is 35.0 Å². The number of benzene rings is 2. The minimum atomic E-state index is 0.400. The Kier molecular flexibility index (Phi) is 2.94. The molecule has 0 N–H and O–H groups in total. The maximum absolute atomic E-state index is 6.15. The Labute approximate surface area is 114 Å². The van der Waals surface area contributed by atoms with Crippen LogP contribution in [0.15, 0.2) is 42.5 Å². The summed E-state index contributed by atoms with van der Waals surface area (Å²) in [5, 5.41) is 8.89. The molecule has 0 aliphatic carbocycles. The molecule has 3 nitrogen and oxygen atoms in total. The fraction of sp³-hybridized carbons (Fsp3) is 0.0769. The average Bonchev–Trinajstić information content (AvgIpc) is 2.82. The number of fused-ring (bicyclic) bond motifs is 1. The third kappa shape index (κ3) is 1.85. The van der Waals surface area contributed by atoms with Gasteiger partial charge in [-0.2, -0.15) is 0 Å². The molecule has 0 radical (unpaired) electrons. The molecule has 0 bridgehead atoms. The highest BCUT2D eigenvalue weighted by molar-refractivity contribution is 6.32. The van der Waals surface area contributed by atoms with Crippen LogP contribution in [0.1, 0.15) is 5.56 Å². The predicted octanol–water partition coefficient (Wildman–Crippen LogP) is 3.81. The van der Waals surface area contributed by atoms with Gasteiger partial charge in [-0.3, -0.25) is 0 Å². The summed E-state index contributed by atoms with van der Waals surface area (Å²) < 4.78 is 1.76. The first kappa shape index (κ1) is 11.5. The van der Waals surface area contributed by atoms with Gasteiger partial charge >= 0.3 is 0 Å². The van der Waals surface area contributed by atoms with Gasteiger partial charge in [-0.25, -0.2) is 4.68 Å². The van der Waals surface area contributed by atoms with Crippen LogP contribution in [-0.2, 0) is 5.88 Å². The monoisotopic (exact) mass is 277 g/mol. The molecule has 3 rings (SSSR count). The van der Waals surface area contributed by atoms with Gasteiger partial charge in [0.2, 0.25) is 0 Å². The molecule has 0 atom stereocenters. The molecular weight excluding hydrogens is 269 g/mol. The summed E-state index contributed by atoms with van der Waals surface area (Å²) in [6.07, 6.45) is 0. The number of hydrogen-bond acceptors (Lipinski definition) is 2.